The second kappa shape index (κ2) is 10.1. The number of rotatable bonds is 4. The SMILES string of the molecule is CC(=Nc1c(C)ncnc1N1/C=C/C=C\C=C\CC1C)C(=O)NC1CCNCC1. The van der Waals surface area contributed by atoms with E-state index >= 15 is 0 Å². The van der Waals surface area contributed by atoms with Crippen molar-refractivity contribution in [3.05, 3.63) is 48.6 Å². The van der Waals surface area contributed by atoms with Crippen molar-refractivity contribution in [3.63, 3.8) is 0 Å². The van der Waals surface area contributed by atoms with Crippen molar-refractivity contribution < 1.29 is 4.79 Å². The van der Waals surface area contributed by atoms with Crippen molar-refractivity contribution in [2.24, 2.45) is 4.99 Å². The molecule has 0 saturated carbocycles. The van der Waals surface area contributed by atoms with E-state index in [9.17, 15) is 4.79 Å². The summed E-state index contributed by atoms with van der Waals surface area (Å²) >= 11 is 0. The summed E-state index contributed by atoms with van der Waals surface area (Å²) in [5.74, 6) is 0.573. The van der Waals surface area contributed by atoms with Crippen LogP contribution in [-0.2, 0) is 4.79 Å². The van der Waals surface area contributed by atoms with Crippen molar-refractivity contribution in [2.75, 3.05) is 18.0 Å². The summed E-state index contributed by atoms with van der Waals surface area (Å²) in [6.45, 7) is 7.64. The smallest absolute Gasteiger partial charge is 0.265 e. The van der Waals surface area contributed by atoms with E-state index in [0.29, 0.717) is 17.2 Å². The van der Waals surface area contributed by atoms with Crippen LogP contribution < -0.4 is 15.5 Å². The Labute approximate surface area is 172 Å². The molecule has 1 aromatic heterocycles. The van der Waals surface area contributed by atoms with Crippen molar-refractivity contribution in [1.29, 1.82) is 0 Å². The highest BCUT2D eigenvalue weighted by Crippen LogP contribution is 2.31. The quantitative estimate of drug-likeness (QED) is 0.767. The van der Waals surface area contributed by atoms with E-state index in [1.54, 1.807) is 13.3 Å². The van der Waals surface area contributed by atoms with Crippen LogP contribution in [0, 0.1) is 6.92 Å². The molecule has 1 amide bonds. The highest BCUT2D eigenvalue weighted by atomic mass is 16.1. The molecule has 0 spiro atoms. The van der Waals surface area contributed by atoms with Crippen LogP contribution in [0.3, 0.4) is 0 Å². The van der Waals surface area contributed by atoms with Crippen molar-refractivity contribution in [2.45, 2.75) is 52.1 Å². The third-order valence-corrected chi connectivity index (χ3v) is 5.18. The Bertz CT molecular complexity index is 836. The summed E-state index contributed by atoms with van der Waals surface area (Å²) in [5, 5.41) is 6.40. The van der Waals surface area contributed by atoms with Crippen molar-refractivity contribution in [1.82, 2.24) is 20.6 Å². The molecule has 0 aliphatic carbocycles. The molecule has 0 aromatic carbocycles. The van der Waals surface area contributed by atoms with Gasteiger partial charge in [-0.3, -0.25) is 4.79 Å². The number of hydrogen-bond acceptors (Lipinski definition) is 6. The molecular formula is C22H30N6O. The first-order valence-electron chi connectivity index (χ1n) is 10.2. The van der Waals surface area contributed by atoms with E-state index in [2.05, 4.69) is 43.5 Å². The minimum Gasteiger partial charge on any atom is -0.348 e. The number of aliphatic imine (C=N–C) groups is 1. The van der Waals surface area contributed by atoms with Gasteiger partial charge in [-0.2, -0.15) is 0 Å². The van der Waals surface area contributed by atoms with Crippen LogP contribution >= 0.6 is 0 Å². The Morgan fingerprint density at radius 3 is 2.76 bits per heavy atom. The molecule has 1 fully saturated rings. The molecule has 2 aliphatic rings. The molecule has 1 aromatic rings. The number of carbonyl (C=O) groups is 1. The van der Waals surface area contributed by atoms with Crippen LogP contribution in [0.4, 0.5) is 11.5 Å². The lowest BCUT2D eigenvalue weighted by Crippen LogP contribution is -2.44. The van der Waals surface area contributed by atoms with Crippen LogP contribution in [0.15, 0.2) is 47.9 Å². The maximum absolute atomic E-state index is 12.7. The third kappa shape index (κ3) is 5.60. The summed E-state index contributed by atoms with van der Waals surface area (Å²) in [5.41, 5.74) is 1.80. The molecule has 1 atom stereocenters. The predicted octanol–water partition coefficient (Wildman–Crippen LogP) is 2.97. The molecule has 154 valence electrons. The number of piperidine rings is 1. The van der Waals surface area contributed by atoms with Crippen LogP contribution in [-0.4, -0.2) is 46.8 Å². The molecular weight excluding hydrogens is 364 g/mol. The highest BCUT2D eigenvalue weighted by molar-refractivity contribution is 6.38. The van der Waals surface area contributed by atoms with E-state index in [1.807, 2.05) is 37.4 Å². The zero-order valence-electron chi connectivity index (χ0n) is 17.4. The Kier molecular flexibility index (Phi) is 7.30. The summed E-state index contributed by atoms with van der Waals surface area (Å²) in [6, 6.07) is 0.385. The molecule has 0 bridgehead atoms. The monoisotopic (exact) mass is 394 g/mol. The normalized spacial score (nSPS) is 24.2. The topological polar surface area (TPSA) is 82.5 Å². The number of aryl methyl sites for hydroxylation is 1. The van der Waals surface area contributed by atoms with Crippen LogP contribution in [0.25, 0.3) is 0 Å². The standard InChI is InChI=1S/C22H30N6O/c1-16-9-7-5-4-6-8-14-28(16)21-20(17(2)24-15-25-21)26-18(3)22(29)27-19-10-12-23-13-11-19/h4-8,14-16,19,23H,9-13H2,1-3H3,(H,27,29)/b6-4-,7-5+,14-8+,26-18?. The van der Waals surface area contributed by atoms with Gasteiger partial charge in [-0.25, -0.2) is 15.0 Å². The summed E-state index contributed by atoms with van der Waals surface area (Å²) in [7, 11) is 0. The molecule has 1 unspecified atom stereocenters. The average Bonchev–Trinajstić information content (AvgIpc) is 2.82. The predicted molar refractivity (Wildman–Crippen MR) is 118 cm³/mol. The Hall–Kier alpha value is -2.80. The first-order chi connectivity index (χ1) is 14.1. The van der Waals surface area contributed by atoms with E-state index < -0.39 is 0 Å². The van der Waals surface area contributed by atoms with Crippen LogP contribution in [0.1, 0.15) is 38.8 Å². The number of nitrogens with zero attached hydrogens (tertiary/aromatic N) is 4. The van der Waals surface area contributed by atoms with E-state index in [4.69, 9.17) is 0 Å². The number of nitrogens with one attached hydrogen (secondary N) is 2. The molecule has 7 nitrogen and oxygen atoms in total. The lowest BCUT2D eigenvalue weighted by Gasteiger charge is -2.27. The largest absolute Gasteiger partial charge is 0.348 e. The van der Waals surface area contributed by atoms with Gasteiger partial charge in [-0.15, -0.1) is 0 Å². The molecule has 29 heavy (non-hydrogen) atoms. The first-order valence-corrected chi connectivity index (χ1v) is 10.2. The van der Waals surface area contributed by atoms with E-state index in [0.717, 1.165) is 38.0 Å². The van der Waals surface area contributed by atoms with Crippen molar-refractivity contribution in [3.8, 4) is 0 Å². The zero-order chi connectivity index (χ0) is 20.6. The second-order valence-electron chi connectivity index (χ2n) is 7.47. The number of carbonyl (C=O) groups excluding carboxylic acids is 1. The summed E-state index contributed by atoms with van der Waals surface area (Å²) < 4.78 is 0. The van der Waals surface area contributed by atoms with Gasteiger partial charge in [0, 0.05) is 18.3 Å². The number of amides is 1. The molecule has 2 aliphatic heterocycles. The van der Waals surface area contributed by atoms with Gasteiger partial charge < -0.3 is 15.5 Å². The fourth-order valence-corrected chi connectivity index (χ4v) is 3.41. The zero-order valence-corrected chi connectivity index (χ0v) is 17.4. The van der Waals surface area contributed by atoms with Gasteiger partial charge in [0.05, 0.1) is 5.69 Å². The fourth-order valence-electron chi connectivity index (χ4n) is 3.41. The van der Waals surface area contributed by atoms with E-state index in [-0.39, 0.29) is 18.0 Å². The molecule has 0 radical (unpaired) electrons. The van der Waals surface area contributed by atoms with Gasteiger partial charge in [0.2, 0.25) is 0 Å². The summed E-state index contributed by atoms with van der Waals surface area (Å²) in [4.78, 5) is 28.3. The Morgan fingerprint density at radius 1 is 1.21 bits per heavy atom. The molecule has 1 saturated heterocycles. The van der Waals surface area contributed by atoms with Gasteiger partial charge in [0.25, 0.3) is 5.91 Å². The van der Waals surface area contributed by atoms with E-state index in [1.165, 1.54) is 0 Å². The highest BCUT2D eigenvalue weighted by Gasteiger charge is 2.21. The molecule has 7 heteroatoms. The lowest BCUT2D eigenvalue weighted by atomic mass is 10.1. The van der Waals surface area contributed by atoms with Gasteiger partial charge >= 0.3 is 0 Å². The minimum atomic E-state index is -0.134. The lowest BCUT2D eigenvalue weighted by molar-refractivity contribution is -0.115. The number of aromatic nitrogens is 2. The van der Waals surface area contributed by atoms with Crippen LogP contribution in [0.5, 0.6) is 0 Å². The number of anilines is 1. The third-order valence-electron chi connectivity index (χ3n) is 5.18. The van der Waals surface area contributed by atoms with Gasteiger partial charge in [-0.05, 0) is 59.2 Å². The second-order valence-corrected chi connectivity index (χ2v) is 7.47. The average molecular weight is 395 g/mol. The maximum atomic E-state index is 12.7. The van der Waals surface area contributed by atoms with Crippen LogP contribution in [0.2, 0.25) is 0 Å². The molecule has 3 rings (SSSR count). The number of allylic oxidation sites excluding steroid dienone is 4. The Balaban J connectivity index is 1.87. The van der Waals surface area contributed by atoms with Crippen molar-refractivity contribution >= 4 is 23.1 Å². The molecule has 2 N–H and O–H groups in total. The fraction of sp³-hybridized carbons (Fsp3) is 0.455. The minimum absolute atomic E-state index is 0.134. The molecule has 3 heterocycles. The summed E-state index contributed by atoms with van der Waals surface area (Å²) in [6.07, 6.45) is 16.4. The first kappa shape index (κ1) is 20.9. The maximum Gasteiger partial charge on any atom is 0.265 e. The number of hydrogen-bond donors (Lipinski definition) is 2. The van der Waals surface area contributed by atoms with Gasteiger partial charge in [0.1, 0.15) is 17.7 Å². The Morgan fingerprint density at radius 2 is 1.97 bits per heavy atom. The van der Waals surface area contributed by atoms with Gasteiger partial charge in [0.15, 0.2) is 5.82 Å². The van der Waals surface area contributed by atoms with Gasteiger partial charge in [-0.1, -0.05) is 24.3 Å².